The molecule has 25 heavy (non-hydrogen) atoms. The second-order valence-corrected chi connectivity index (χ2v) is 7.35. The minimum atomic E-state index is -3.54. The number of rotatable bonds is 6. The molecule has 0 unspecified atom stereocenters. The molecule has 3 rings (SSSR count). The van der Waals surface area contributed by atoms with Crippen LogP contribution in [0.2, 0.25) is 0 Å². The Balaban J connectivity index is 1.96. The zero-order valence-electron chi connectivity index (χ0n) is 14.2. The molecule has 0 saturated carbocycles. The summed E-state index contributed by atoms with van der Waals surface area (Å²) in [5.41, 5.74) is 1.84. The van der Waals surface area contributed by atoms with Crippen LogP contribution in [0.3, 0.4) is 0 Å². The lowest BCUT2D eigenvalue weighted by molar-refractivity contribution is 0.445. The molecule has 132 valence electrons. The normalized spacial score (nSPS) is 12.0. The van der Waals surface area contributed by atoms with Crippen LogP contribution in [0.4, 0.5) is 11.5 Å². The Kier molecular flexibility index (Phi) is 4.64. The van der Waals surface area contributed by atoms with Crippen LogP contribution < -0.4 is 5.32 Å². The van der Waals surface area contributed by atoms with E-state index in [-0.39, 0.29) is 4.90 Å². The van der Waals surface area contributed by atoms with Crippen molar-refractivity contribution in [1.82, 2.24) is 29.6 Å². The molecule has 3 aromatic rings. The van der Waals surface area contributed by atoms with Gasteiger partial charge in [0.15, 0.2) is 11.5 Å². The van der Waals surface area contributed by atoms with Crippen LogP contribution in [0.1, 0.15) is 19.4 Å². The van der Waals surface area contributed by atoms with Crippen molar-refractivity contribution in [2.75, 3.05) is 18.4 Å². The Labute approximate surface area is 145 Å². The van der Waals surface area contributed by atoms with E-state index in [2.05, 4.69) is 25.9 Å². The van der Waals surface area contributed by atoms with Crippen molar-refractivity contribution >= 4 is 27.2 Å². The number of hydrogen-bond donors (Lipinski definition) is 1. The first-order valence-corrected chi connectivity index (χ1v) is 9.33. The Morgan fingerprint density at radius 2 is 1.92 bits per heavy atom. The molecule has 1 N–H and O–H groups in total. The van der Waals surface area contributed by atoms with E-state index in [9.17, 15) is 8.42 Å². The summed E-state index contributed by atoms with van der Waals surface area (Å²) in [6.07, 6.45) is 0. The number of aryl methyl sites for hydroxylation is 1. The summed E-state index contributed by atoms with van der Waals surface area (Å²) in [6.45, 7) is 6.28. The highest BCUT2D eigenvalue weighted by Gasteiger charge is 2.23. The second kappa shape index (κ2) is 6.73. The van der Waals surface area contributed by atoms with Gasteiger partial charge in [0, 0.05) is 18.8 Å². The van der Waals surface area contributed by atoms with E-state index < -0.39 is 10.0 Å². The quantitative estimate of drug-likeness (QED) is 0.711. The molecule has 0 bridgehead atoms. The van der Waals surface area contributed by atoms with Gasteiger partial charge in [0.2, 0.25) is 10.0 Å². The van der Waals surface area contributed by atoms with Gasteiger partial charge in [0.25, 0.3) is 0 Å². The maximum absolute atomic E-state index is 12.8. The van der Waals surface area contributed by atoms with E-state index in [4.69, 9.17) is 0 Å². The van der Waals surface area contributed by atoms with Gasteiger partial charge in [-0.2, -0.15) is 4.31 Å². The molecule has 0 aliphatic rings. The van der Waals surface area contributed by atoms with Gasteiger partial charge in [-0.05, 0) is 47.2 Å². The molecule has 0 radical (unpaired) electrons. The number of hydrogen-bond acceptors (Lipinski definition) is 7. The van der Waals surface area contributed by atoms with Crippen molar-refractivity contribution in [2.24, 2.45) is 0 Å². The highest BCUT2D eigenvalue weighted by molar-refractivity contribution is 7.89. The average molecular weight is 361 g/mol. The Hall–Kier alpha value is -2.59. The summed E-state index contributed by atoms with van der Waals surface area (Å²) in [7, 11) is -3.54. The van der Waals surface area contributed by atoms with Crippen molar-refractivity contribution < 1.29 is 8.42 Å². The van der Waals surface area contributed by atoms with Crippen LogP contribution in [0.25, 0.3) is 5.65 Å². The smallest absolute Gasteiger partial charge is 0.243 e. The molecule has 1 aromatic carbocycles. The monoisotopic (exact) mass is 361 g/mol. The van der Waals surface area contributed by atoms with Crippen molar-refractivity contribution in [3.63, 3.8) is 0 Å². The van der Waals surface area contributed by atoms with Gasteiger partial charge < -0.3 is 5.32 Å². The second-order valence-electron chi connectivity index (χ2n) is 5.44. The Morgan fingerprint density at radius 1 is 1.16 bits per heavy atom. The zero-order chi connectivity index (χ0) is 18.0. The van der Waals surface area contributed by atoms with E-state index in [1.54, 1.807) is 31.2 Å². The van der Waals surface area contributed by atoms with Crippen LogP contribution in [-0.4, -0.2) is 51.1 Å². The number of anilines is 2. The maximum Gasteiger partial charge on any atom is 0.243 e. The number of nitrogens with one attached hydrogen (secondary N) is 1. The summed E-state index contributed by atoms with van der Waals surface area (Å²) >= 11 is 0. The summed E-state index contributed by atoms with van der Waals surface area (Å²) in [5.74, 6) is 0.509. The maximum atomic E-state index is 12.8. The third kappa shape index (κ3) is 3.30. The number of aromatic nitrogens is 5. The lowest BCUT2D eigenvalue weighted by Crippen LogP contribution is -2.31. The fraction of sp³-hybridized carbons (Fsp3) is 0.333. The molecule has 0 aliphatic heterocycles. The van der Waals surface area contributed by atoms with Gasteiger partial charge in [0.1, 0.15) is 0 Å². The van der Waals surface area contributed by atoms with Gasteiger partial charge in [-0.1, -0.05) is 19.9 Å². The number of sulfonamides is 1. The SMILES string of the molecule is CCN(CC)S(=O)(=O)c1cc(Nc2ccc3nnnn3n2)ccc1C. The Morgan fingerprint density at radius 3 is 2.64 bits per heavy atom. The van der Waals surface area contributed by atoms with Crippen LogP contribution in [0, 0.1) is 6.92 Å². The van der Waals surface area contributed by atoms with Crippen LogP contribution in [0.5, 0.6) is 0 Å². The van der Waals surface area contributed by atoms with E-state index in [1.165, 1.54) is 8.94 Å². The first kappa shape index (κ1) is 17.2. The fourth-order valence-electron chi connectivity index (χ4n) is 2.52. The van der Waals surface area contributed by atoms with Crippen molar-refractivity contribution in [2.45, 2.75) is 25.7 Å². The third-order valence-corrected chi connectivity index (χ3v) is 6.05. The largest absolute Gasteiger partial charge is 0.339 e. The van der Waals surface area contributed by atoms with Gasteiger partial charge in [-0.25, -0.2) is 8.42 Å². The van der Waals surface area contributed by atoms with E-state index >= 15 is 0 Å². The minimum Gasteiger partial charge on any atom is -0.339 e. The van der Waals surface area contributed by atoms with Crippen molar-refractivity contribution in [3.05, 3.63) is 35.9 Å². The minimum absolute atomic E-state index is 0.282. The molecule has 0 atom stereocenters. The molecule has 2 heterocycles. The molecule has 10 heteroatoms. The third-order valence-electron chi connectivity index (χ3n) is 3.85. The van der Waals surface area contributed by atoms with Crippen molar-refractivity contribution in [3.8, 4) is 0 Å². The molecule has 0 fully saturated rings. The van der Waals surface area contributed by atoms with E-state index in [1.807, 2.05) is 19.9 Å². The number of nitrogens with zero attached hydrogens (tertiary/aromatic N) is 6. The summed E-state index contributed by atoms with van der Waals surface area (Å²) < 4.78 is 28.4. The summed E-state index contributed by atoms with van der Waals surface area (Å²) in [5, 5.41) is 18.4. The fourth-order valence-corrected chi connectivity index (χ4v) is 4.23. The molecular formula is C15H19N7O2S. The molecule has 0 saturated heterocycles. The topological polar surface area (TPSA) is 105 Å². The predicted molar refractivity (Wildman–Crippen MR) is 93.1 cm³/mol. The van der Waals surface area contributed by atoms with Crippen LogP contribution in [-0.2, 0) is 10.0 Å². The highest BCUT2D eigenvalue weighted by atomic mass is 32.2. The molecule has 0 spiro atoms. The van der Waals surface area contributed by atoms with Crippen molar-refractivity contribution in [1.29, 1.82) is 0 Å². The number of benzene rings is 1. The molecule has 2 aromatic heterocycles. The van der Waals surface area contributed by atoms with Gasteiger partial charge >= 0.3 is 0 Å². The lowest BCUT2D eigenvalue weighted by Gasteiger charge is -2.20. The number of fused-ring (bicyclic) bond motifs is 1. The average Bonchev–Trinajstić information content (AvgIpc) is 3.05. The molecule has 0 aliphatic carbocycles. The molecular weight excluding hydrogens is 342 g/mol. The van der Waals surface area contributed by atoms with Gasteiger partial charge in [-0.3, -0.25) is 0 Å². The molecule has 0 amide bonds. The first-order valence-electron chi connectivity index (χ1n) is 7.89. The Bertz CT molecular complexity index is 996. The van der Waals surface area contributed by atoms with Gasteiger partial charge in [0.05, 0.1) is 4.90 Å². The van der Waals surface area contributed by atoms with Gasteiger partial charge in [-0.15, -0.1) is 14.8 Å². The van der Waals surface area contributed by atoms with E-state index in [0.717, 1.165) is 0 Å². The highest BCUT2D eigenvalue weighted by Crippen LogP contribution is 2.25. The predicted octanol–water partition coefficient (Wildman–Crippen LogP) is 1.60. The van der Waals surface area contributed by atoms with E-state index in [0.29, 0.717) is 35.8 Å². The van der Waals surface area contributed by atoms with Crippen LogP contribution >= 0.6 is 0 Å². The summed E-state index contributed by atoms with van der Waals surface area (Å²) in [4.78, 5) is 0.282. The lowest BCUT2D eigenvalue weighted by atomic mass is 10.2. The first-order chi connectivity index (χ1) is 12.0. The zero-order valence-corrected chi connectivity index (χ0v) is 15.0. The number of tetrazole rings is 1. The van der Waals surface area contributed by atoms with Crippen LogP contribution in [0.15, 0.2) is 35.2 Å². The summed E-state index contributed by atoms with van der Waals surface area (Å²) in [6, 6.07) is 8.64. The molecule has 9 nitrogen and oxygen atoms in total. The standard InChI is InChI=1S/C15H19N7O2S/c1-4-21(5-2)25(23,24)13-10-12(7-6-11(13)3)16-14-8-9-15-17-19-20-22(15)18-14/h6-10H,4-5H2,1-3H3,(H,16,18).